The zero-order chi connectivity index (χ0) is 25.6. The summed E-state index contributed by atoms with van der Waals surface area (Å²) in [6.45, 7) is 9.07. The van der Waals surface area contributed by atoms with Crippen LogP contribution in [0, 0.1) is 0 Å². The van der Waals surface area contributed by atoms with Gasteiger partial charge in [0.15, 0.2) is 0 Å². The molecule has 0 spiro atoms. The molecule has 1 aliphatic heterocycles. The molecule has 1 amide bonds. The molecule has 0 radical (unpaired) electrons. The fourth-order valence-electron chi connectivity index (χ4n) is 4.92. The second-order valence-corrected chi connectivity index (χ2v) is 10.2. The number of likely N-dealkylation sites (tertiary alicyclic amines) is 1. The molecule has 1 aliphatic rings. The highest BCUT2D eigenvalue weighted by Gasteiger charge is 2.42. The summed E-state index contributed by atoms with van der Waals surface area (Å²) in [4.78, 5) is 14.9. The predicted molar refractivity (Wildman–Crippen MR) is 142 cm³/mol. The third-order valence-electron chi connectivity index (χ3n) is 6.44. The molecule has 0 bridgehead atoms. The first-order chi connectivity index (χ1) is 17.3. The van der Waals surface area contributed by atoms with Gasteiger partial charge in [0.1, 0.15) is 11.2 Å². The topological polar surface area (TPSA) is 48.0 Å². The van der Waals surface area contributed by atoms with Crippen molar-refractivity contribution in [1.29, 1.82) is 0 Å². The van der Waals surface area contributed by atoms with E-state index in [1.165, 1.54) is 0 Å². The van der Waals surface area contributed by atoms with Crippen LogP contribution in [0.5, 0.6) is 0 Å². The zero-order valence-electron chi connectivity index (χ0n) is 21.7. The quantitative estimate of drug-likeness (QED) is 0.345. The third-order valence-corrected chi connectivity index (χ3v) is 6.44. The van der Waals surface area contributed by atoms with Gasteiger partial charge in [0, 0.05) is 6.61 Å². The van der Waals surface area contributed by atoms with E-state index in [-0.39, 0.29) is 18.2 Å². The molecular formula is C31H37NO4. The minimum absolute atomic E-state index is 0.0457. The fraction of sp³-hybridized carbons (Fsp3) is 0.387. The molecule has 4 rings (SSSR count). The Labute approximate surface area is 215 Å². The van der Waals surface area contributed by atoms with E-state index in [0.717, 1.165) is 16.7 Å². The van der Waals surface area contributed by atoms with Crippen molar-refractivity contribution in [3.8, 4) is 0 Å². The lowest BCUT2D eigenvalue weighted by molar-refractivity contribution is -0.0251. The summed E-state index contributed by atoms with van der Waals surface area (Å²) in [6.07, 6.45) is 0.320. The molecule has 2 atom stereocenters. The van der Waals surface area contributed by atoms with Crippen LogP contribution in [0.1, 0.15) is 50.8 Å². The number of ether oxygens (including phenoxy) is 3. The molecule has 5 nitrogen and oxygen atoms in total. The van der Waals surface area contributed by atoms with Gasteiger partial charge in [0.2, 0.25) is 0 Å². The van der Waals surface area contributed by atoms with Gasteiger partial charge in [-0.25, -0.2) is 4.79 Å². The van der Waals surface area contributed by atoms with E-state index in [4.69, 9.17) is 14.2 Å². The van der Waals surface area contributed by atoms with Gasteiger partial charge in [0.05, 0.1) is 25.3 Å². The van der Waals surface area contributed by atoms with Crippen molar-refractivity contribution >= 4 is 6.09 Å². The Bertz CT molecular complexity index is 999. The Kier molecular flexibility index (Phi) is 8.12. The second-order valence-electron chi connectivity index (χ2n) is 10.2. The van der Waals surface area contributed by atoms with Crippen LogP contribution >= 0.6 is 0 Å². The lowest BCUT2D eigenvalue weighted by atomic mass is 9.80. The van der Waals surface area contributed by atoms with E-state index >= 15 is 0 Å². The van der Waals surface area contributed by atoms with Gasteiger partial charge in [-0.1, -0.05) is 91.0 Å². The number of rotatable bonds is 8. The molecule has 0 aliphatic carbocycles. The fourth-order valence-corrected chi connectivity index (χ4v) is 4.92. The highest BCUT2D eigenvalue weighted by molar-refractivity contribution is 5.69. The average molecular weight is 488 g/mol. The number of benzene rings is 3. The molecule has 190 valence electrons. The summed E-state index contributed by atoms with van der Waals surface area (Å²) >= 11 is 0. The maximum atomic E-state index is 13.1. The highest BCUT2D eigenvalue weighted by atomic mass is 16.6. The maximum Gasteiger partial charge on any atom is 0.410 e. The molecule has 5 heteroatoms. The first-order valence-corrected chi connectivity index (χ1v) is 12.7. The van der Waals surface area contributed by atoms with E-state index in [0.29, 0.717) is 26.2 Å². The van der Waals surface area contributed by atoms with Crippen molar-refractivity contribution in [3.05, 3.63) is 108 Å². The van der Waals surface area contributed by atoms with Crippen LogP contribution in [0.2, 0.25) is 0 Å². The Morgan fingerprint density at radius 3 is 1.72 bits per heavy atom. The molecule has 2 unspecified atom stereocenters. The van der Waals surface area contributed by atoms with Crippen molar-refractivity contribution in [2.75, 3.05) is 19.8 Å². The standard InChI is InChI=1S/C31H37NO4/c1-5-34-28-21-27(32(22-28)29(33)36-30(2,3)4)23-35-31(24-15-9-6-10-16-24,25-17-11-7-12-18-25)26-19-13-8-14-20-26/h6-20,27-28H,5,21-23H2,1-4H3. The van der Waals surface area contributed by atoms with Gasteiger partial charge in [-0.05, 0) is 50.8 Å². The van der Waals surface area contributed by atoms with Crippen LogP contribution < -0.4 is 0 Å². The summed E-state index contributed by atoms with van der Waals surface area (Å²) in [5.74, 6) is 0. The first kappa shape index (κ1) is 25.9. The predicted octanol–water partition coefficient (Wildman–Crippen LogP) is 6.41. The average Bonchev–Trinajstić information content (AvgIpc) is 3.29. The number of nitrogens with zero attached hydrogens (tertiary/aromatic N) is 1. The molecule has 3 aromatic carbocycles. The molecule has 36 heavy (non-hydrogen) atoms. The Hall–Kier alpha value is -3.15. The first-order valence-electron chi connectivity index (χ1n) is 12.7. The number of hydrogen-bond acceptors (Lipinski definition) is 4. The normalized spacial score (nSPS) is 18.3. The minimum Gasteiger partial charge on any atom is -0.444 e. The Morgan fingerprint density at radius 2 is 1.31 bits per heavy atom. The molecular weight excluding hydrogens is 450 g/mol. The molecule has 1 saturated heterocycles. The van der Waals surface area contributed by atoms with Gasteiger partial charge in [-0.2, -0.15) is 0 Å². The monoisotopic (exact) mass is 487 g/mol. The maximum absolute atomic E-state index is 13.1. The van der Waals surface area contributed by atoms with Crippen LogP contribution in [0.25, 0.3) is 0 Å². The van der Waals surface area contributed by atoms with Gasteiger partial charge >= 0.3 is 6.09 Å². The van der Waals surface area contributed by atoms with Gasteiger partial charge in [-0.3, -0.25) is 0 Å². The Balaban J connectivity index is 1.72. The zero-order valence-corrected chi connectivity index (χ0v) is 21.7. The van der Waals surface area contributed by atoms with Crippen LogP contribution in [-0.2, 0) is 19.8 Å². The van der Waals surface area contributed by atoms with E-state index in [9.17, 15) is 4.79 Å². The summed E-state index contributed by atoms with van der Waals surface area (Å²) in [5.41, 5.74) is 1.68. The molecule has 0 N–H and O–H groups in total. The molecule has 3 aromatic rings. The smallest absolute Gasteiger partial charge is 0.410 e. The van der Waals surface area contributed by atoms with Crippen LogP contribution in [0.4, 0.5) is 4.79 Å². The van der Waals surface area contributed by atoms with Crippen molar-refractivity contribution in [1.82, 2.24) is 4.90 Å². The van der Waals surface area contributed by atoms with E-state index < -0.39 is 11.2 Å². The van der Waals surface area contributed by atoms with Crippen molar-refractivity contribution in [3.63, 3.8) is 0 Å². The lowest BCUT2D eigenvalue weighted by Gasteiger charge is -2.38. The Morgan fingerprint density at radius 1 is 0.833 bits per heavy atom. The molecule has 1 heterocycles. The lowest BCUT2D eigenvalue weighted by Crippen LogP contribution is -2.44. The van der Waals surface area contributed by atoms with Crippen molar-refractivity contribution in [2.24, 2.45) is 0 Å². The summed E-state index contributed by atoms with van der Waals surface area (Å²) in [7, 11) is 0. The second kappa shape index (κ2) is 11.3. The molecule has 0 aromatic heterocycles. The van der Waals surface area contributed by atoms with Gasteiger partial charge < -0.3 is 19.1 Å². The van der Waals surface area contributed by atoms with Crippen LogP contribution in [-0.4, -0.2) is 48.5 Å². The summed E-state index contributed by atoms with van der Waals surface area (Å²) in [6, 6.07) is 30.7. The number of hydrogen-bond donors (Lipinski definition) is 0. The minimum atomic E-state index is -0.840. The highest BCUT2D eigenvalue weighted by Crippen LogP contribution is 2.41. The number of carbonyl (C=O) groups is 1. The SMILES string of the molecule is CCOC1CC(COC(c2ccccc2)(c2ccccc2)c2ccccc2)N(C(=O)OC(C)(C)C)C1. The van der Waals surface area contributed by atoms with E-state index in [1.54, 1.807) is 4.90 Å². The summed E-state index contributed by atoms with van der Waals surface area (Å²) < 4.78 is 18.7. The van der Waals surface area contributed by atoms with E-state index in [2.05, 4.69) is 36.4 Å². The molecule has 0 saturated carbocycles. The van der Waals surface area contributed by atoms with Crippen molar-refractivity contribution in [2.45, 2.75) is 57.5 Å². The van der Waals surface area contributed by atoms with Crippen LogP contribution in [0.15, 0.2) is 91.0 Å². The van der Waals surface area contributed by atoms with Crippen LogP contribution in [0.3, 0.4) is 0 Å². The largest absolute Gasteiger partial charge is 0.444 e. The summed E-state index contributed by atoms with van der Waals surface area (Å²) in [5, 5.41) is 0. The number of amides is 1. The van der Waals surface area contributed by atoms with Gasteiger partial charge in [-0.15, -0.1) is 0 Å². The van der Waals surface area contributed by atoms with Gasteiger partial charge in [0.25, 0.3) is 0 Å². The molecule has 1 fully saturated rings. The van der Waals surface area contributed by atoms with E-state index in [1.807, 2.05) is 82.3 Å². The number of carbonyl (C=O) groups excluding carboxylic acids is 1. The van der Waals surface area contributed by atoms with Crippen molar-refractivity contribution < 1.29 is 19.0 Å². The third kappa shape index (κ3) is 5.80.